The van der Waals surface area contributed by atoms with Crippen LogP contribution in [0.4, 0.5) is 0 Å². The van der Waals surface area contributed by atoms with Gasteiger partial charge < -0.3 is 28.7 Å². The molecule has 0 fully saturated rings. The fraction of sp³-hybridized carbons (Fsp3) is 0.296. The fourth-order valence-electron chi connectivity index (χ4n) is 4.84. The van der Waals surface area contributed by atoms with Crippen LogP contribution in [0.5, 0.6) is 0 Å². The van der Waals surface area contributed by atoms with Crippen molar-refractivity contribution in [1.29, 1.82) is 0 Å². The van der Waals surface area contributed by atoms with Crippen LogP contribution in [0.25, 0.3) is 45.1 Å². The Morgan fingerprint density at radius 1 is 0.575 bits per heavy atom. The normalized spacial score (nSPS) is 12.6. The molecule has 2 aromatic carbocycles. The van der Waals surface area contributed by atoms with Gasteiger partial charge in [0.1, 0.15) is 17.5 Å². The molecule has 0 aliphatic rings. The smallest absolute Gasteiger partial charge is 0.230 e. The second-order valence-electron chi connectivity index (χ2n) is 9.70. The second-order valence-corrected chi connectivity index (χ2v) is 13.1. The van der Waals surface area contributed by atoms with Crippen LogP contribution >= 0.6 is 15.9 Å². The third kappa shape index (κ3) is 6.89. The summed E-state index contributed by atoms with van der Waals surface area (Å²) in [5, 5.41) is 0. The summed E-state index contributed by atoms with van der Waals surface area (Å²) in [6.07, 6.45) is 1.14. The molecule has 0 spiro atoms. The SMILES string of the molecule is [O-][P+]([O-])([O-])CCCCn1c(-c2cccc(-c3nc4ccccc4n3CCCC[P+]([O-])(O)O)n2)nc2ccccc21. The summed E-state index contributed by atoms with van der Waals surface area (Å²) >= 11 is 0. The van der Waals surface area contributed by atoms with Crippen LogP contribution in [-0.2, 0) is 13.1 Å². The van der Waals surface area contributed by atoms with E-state index in [0.717, 1.165) is 22.1 Å². The van der Waals surface area contributed by atoms with Gasteiger partial charge in [-0.15, -0.1) is 0 Å². The summed E-state index contributed by atoms with van der Waals surface area (Å²) in [5.74, 6) is 1.27. The molecule has 210 valence electrons. The lowest BCUT2D eigenvalue weighted by atomic mass is 10.2. The monoisotopic (exact) mass is 581 g/mol. The summed E-state index contributed by atoms with van der Waals surface area (Å²) in [6, 6.07) is 21.0. The molecule has 3 heterocycles. The van der Waals surface area contributed by atoms with E-state index in [1.807, 2.05) is 75.9 Å². The number of unbranched alkanes of at least 4 members (excludes halogenated alkanes) is 2. The summed E-state index contributed by atoms with van der Waals surface area (Å²) in [5.41, 5.74) is 4.60. The Morgan fingerprint density at radius 2 is 1.05 bits per heavy atom. The van der Waals surface area contributed by atoms with Gasteiger partial charge in [0.05, 0.1) is 22.1 Å². The van der Waals surface area contributed by atoms with E-state index in [-0.39, 0.29) is 18.7 Å². The molecule has 3 aromatic heterocycles. The van der Waals surface area contributed by atoms with Gasteiger partial charge in [0, 0.05) is 19.3 Å². The molecule has 11 nitrogen and oxygen atoms in total. The molecule has 0 bridgehead atoms. The molecule has 13 heteroatoms. The molecule has 0 amide bonds. The number of benzene rings is 2. The van der Waals surface area contributed by atoms with Crippen LogP contribution in [-0.4, -0.2) is 46.2 Å². The number of nitrogens with zero attached hydrogens (tertiary/aromatic N) is 5. The van der Waals surface area contributed by atoms with E-state index < -0.39 is 15.9 Å². The Morgan fingerprint density at radius 3 is 1.52 bits per heavy atom. The van der Waals surface area contributed by atoms with Crippen LogP contribution < -0.4 is 19.6 Å². The highest BCUT2D eigenvalue weighted by Crippen LogP contribution is 2.40. The number of hydrogen-bond acceptors (Lipinski definition) is 9. The highest BCUT2D eigenvalue weighted by atomic mass is 31.2. The van der Waals surface area contributed by atoms with Crippen molar-refractivity contribution in [3.8, 4) is 23.0 Å². The lowest BCUT2D eigenvalue weighted by Gasteiger charge is -2.42. The maximum atomic E-state index is 11.3. The van der Waals surface area contributed by atoms with Gasteiger partial charge in [-0.05, 0) is 62.1 Å². The minimum absolute atomic E-state index is 0.167. The Bertz CT molecular complexity index is 1490. The number of fused-ring (bicyclic) bond motifs is 2. The third-order valence-corrected chi connectivity index (χ3v) is 8.42. The van der Waals surface area contributed by atoms with Crippen molar-refractivity contribution in [3.05, 3.63) is 66.7 Å². The molecule has 0 saturated heterocycles. The van der Waals surface area contributed by atoms with Crippen molar-refractivity contribution < 1.29 is 29.4 Å². The third-order valence-electron chi connectivity index (χ3n) is 6.66. The molecule has 0 radical (unpaired) electrons. The number of imidazole rings is 2. The fourth-order valence-corrected chi connectivity index (χ4v) is 6.09. The average Bonchev–Trinajstić information content (AvgIpc) is 3.47. The van der Waals surface area contributed by atoms with E-state index in [1.165, 1.54) is 0 Å². The van der Waals surface area contributed by atoms with E-state index in [9.17, 15) is 29.4 Å². The summed E-state index contributed by atoms with van der Waals surface area (Å²) in [6.45, 7) is 0.989. The predicted octanol–water partition coefficient (Wildman–Crippen LogP) is 1.63. The second kappa shape index (κ2) is 11.9. The summed E-state index contributed by atoms with van der Waals surface area (Å²) < 4.78 is 4.02. The quantitative estimate of drug-likeness (QED) is 0.163. The van der Waals surface area contributed by atoms with Gasteiger partial charge in [0.2, 0.25) is 7.94 Å². The molecule has 0 saturated carbocycles. The zero-order valence-corrected chi connectivity index (χ0v) is 23.5. The maximum Gasteiger partial charge on any atom is 0.230 e. The Hall–Kier alpha value is -2.85. The molecule has 5 rings (SSSR count). The van der Waals surface area contributed by atoms with Crippen molar-refractivity contribution in [2.75, 3.05) is 12.3 Å². The molecule has 0 aliphatic carbocycles. The lowest BCUT2D eigenvalue weighted by Crippen LogP contribution is -2.34. The summed E-state index contributed by atoms with van der Waals surface area (Å²) in [7, 11) is -8.61. The van der Waals surface area contributed by atoms with Gasteiger partial charge in [-0.1, -0.05) is 30.3 Å². The maximum absolute atomic E-state index is 11.3. The van der Waals surface area contributed by atoms with Gasteiger partial charge >= 0.3 is 0 Å². The number of hydrogen-bond donors (Lipinski definition) is 2. The Kier molecular flexibility index (Phi) is 8.56. The highest BCUT2D eigenvalue weighted by molar-refractivity contribution is 7.57. The topological polar surface area (TPSA) is 181 Å². The minimum Gasteiger partial charge on any atom is -0.688 e. The molecule has 2 N–H and O–H groups in total. The molecule has 0 aliphatic heterocycles. The number of rotatable bonds is 12. The number of aromatic nitrogens is 5. The molecule has 0 unspecified atom stereocenters. The predicted molar refractivity (Wildman–Crippen MR) is 148 cm³/mol. The van der Waals surface area contributed by atoms with Crippen molar-refractivity contribution in [2.24, 2.45) is 0 Å². The van der Waals surface area contributed by atoms with E-state index in [0.29, 0.717) is 55.4 Å². The van der Waals surface area contributed by atoms with E-state index in [2.05, 4.69) is 0 Å². The molecule has 40 heavy (non-hydrogen) atoms. The van der Waals surface area contributed by atoms with Crippen molar-refractivity contribution >= 4 is 38.0 Å². The number of pyridine rings is 1. The van der Waals surface area contributed by atoms with Gasteiger partial charge in [-0.2, -0.15) is 7.94 Å². The van der Waals surface area contributed by atoms with Gasteiger partial charge in [-0.3, -0.25) is 0 Å². The molecule has 5 aromatic rings. The van der Waals surface area contributed by atoms with Gasteiger partial charge in [0.15, 0.2) is 11.6 Å². The van der Waals surface area contributed by atoms with Crippen LogP contribution in [0.1, 0.15) is 25.7 Å². The minimum atomic E-state index is -4.55. The van der Waals surface area contributed by atoms with Crippen LogP contribution in [0.2, 0.25) is 0 Å². The first kappa shape index (κ1) is 28.7. The first-order valence-electron chi connectivity index (χ1n) is 13.0. The van der Waals surface area contributed by atoms with Crippen molar-refractivity contribution in [3.63, 3.8) is 0 Å². The average molecular weight is 582 g/mol. The standard InChI is InChI=1S/C27H31N5O6P2/c33-39(34,35)18-7-5-16-31-24-14-3-1-10-20(24)29-26(31)22-12-9-13-23(28-22)27-30-21-11-2-4-15-25(21)32(27)17-6-8-19-40(36,37)38/h1-4,9-15H,5-8,16-19H2,(H2,33,34,35)(H2,36,37,38)/p-2. The van der Waals surface area contributed by atoms with Crippen LogP contribution in [0, 0.1) is 0 Å². The molecule has 0 atom stereocenters. The first-order chi connectivity index (χ1) is 19.1. The van der Waals surface area contributed by atoms with Crippen molar-refractivity contribution in [1.82, 2.24) is 24.1 Å². The number of para-hydroxylation sites is 4. The highest BCUT2D eigenvalue weighted by Gasteiger charge is 2.19. The first-order valence-corrected chi connectivity index (χ1v) is 16.6. The van der Waals surface area contributed by atoms with E-state index in [4.69, 9.17) is 15.0 Å². The summed E-state index contributed by atoms with van der Waals surface area (Å²) in [4.78, 5) is 77.6. The Balaban J connectivity index is 1.48. The zero-order chi connectivity index (χ0) is 28.3. The zero-order valence-electron chi connectivity index (χ0n) is 21.7. The van der Waals surface area contributed by atoms with Crippen LogP contribution in [0.3, 0.4) is 0 Å². The lowest BCUT2D eigenvalue weighted by molar-refractivity contribution is -0.427. The number of aryl methyl sites for hydroxylation is 2. The molecular weight excluding hydrogens is 552 g/mol. The Labute approximate surface area is 232 Å². The van der Waals surface area contributed by atoms with Crippen molar-refractivity contribution in [2.45, 2.75) is 38.8 Å². The largest absolute Gasteiger partial charge is 0.688 e. The van der Waals surface area contributed by atoms with E-state index >= 15 is 0 Å². The molecular formula is C27H29N5O6P2-2. The van der Waals surface area contributed by atoms with Gasteiger partial charge in [-0.25, -0.2) is 24.7 Å². The van der Waals surface area contributed by atoms with Gasteiger partial charge in [0.25, 0.3) is 0 Å². The van der Waals surface area contributed by atoms with Crippen LogP contribution in [0.15, 0.2) is 66.7 Å². The van der Waals surface area contributed by atoms with E-state index in [1.54, 1.807) is 0 Å².